The molecule has 10 heteroatoms. The lowest BCUT2D eigenvalue weighted by Gasteiger charge is -2.13. The van der Waals surface area contributed by atoms with E-state index >= 15 is 0 Å². The number of nitrogens with one attached hydrogen (secondary N) is 1. The molecule has 0 spiro atoms. The molecule has 1 fully saturated rings. The molecule has 0 radical (unpaired) electrons. The number of carbonyl (C=O) groups excluding carboxylic acids is 4. The minimum atomic E-state index is -0.685. The minimum absolute atomic E-state index is 0.169. The molecule has 0 saturated carbocycles. The summed E-state index contributed by atoms with van der Waals surface area (Å²) in [6.07, 6.45) is 1.53. The standard InChI is InChI=1S/C24H24N2O7S/c1-4-32-19-11-16(12-20-23(29)26(24(30)34-20)13-22(28)31-3)7-10-18(19)33-14-21(27)25-17-8-5-15(2)6-9-17/h5-12H,4,13-14H2,1-3H3,(H,25,27)/b20-12-. The molecule has 2 aromatic carbocycles. The van der Waals surface area contributed by atoms with Crippen LogP contribution in [-0.2, 0) is 19.1 Å². The van der Waals surface area contributed by atoms with Gasteiger partial charge >= 0.3 is 5.97 Å². The van der Waals surface area contributed by atoms with E-state index in [4.69, 9.17) is 9.47 Å². The second kappa shape index (κ2) is 11.4. The summed E-state index contributed by atoms with van der Waals surface area (Å²) in [6, 6.07) is 12.3. The number of aryl methyl sites for hydroxylation is 1. The molecule has 0 aliphatic carbocycles. The number of carbonyl (C=O) groups is 4. The van der Waals surface area contributed by atoms with E-state index < -0.39 is 23.7 Å². The van der Waals surface area contributed by atoms with Gasteiger partial charge in [0.05, 0.1) is 18.6 Å². The second-order valence-electron chi connectivity index (χ2n) is 7.19. The third-order valence-electron chi connectivity index (χ3n) is 4.65. The largest absolute Gasteiger partial charge is 0.490 e. The number of hydrogen-bond donors (Lipinski definition) is 1. The summed E-state index contributed by atoms with van der Waals surface area (Å²) in [5, 5.41) is 2.21. The number of thioether (sulfide) groups is 1. The molecule has 0 unspecified atom stereocenters. The Morgan fingerprint density at radius 1 is 1.06 bits per heavy atom. The Bertz CT molecular complexity index is 1130. The van der Waals surface area contributed by atoms with Gasteiger partial charge in [0.15, 0.2) is 18.1 Å². The van der Waals surface area contributed by atoms with Crippen molar-refractivity contribution >= 4 is 46.5 Å². The molecule has 1 N–H and O–H groups in total. The Hall–Kier alpha value is -3.79. The number of ether oxygens (including phenoxy) is 3. The van der Waals surface area contributed by atoms with Gasteiger partial charge in [-0.2, -0.15) is 0 Å². The highest BCUT2D eigenvalue weighted by molar-refractivity contribution is 8.18. The first-order valence-electron chi connectivity index (χ1n) is 10.4. The van der Waals surface area contributed by atoms with Gasteiger partial charge < -0.3 is 19.5 Å². The number of anilines is 1. The molecule has 3 rings (SSSR count). The summed E-state index contributed by atoms with van der Waals surface area (Å²) in [5.74, 6) is -0.846. The number of benzene rings is 2. The van der Waals surface area contributed by atoms with Crippen LogP contribution in [0.3, 0.4) is 0 Å². The molecular weight excluding hydrogens is 460 g/mol. The highest BCUT2D eigenvalue weighted by atomic mass is 32.2. The van der Waals surface area contributed by atoms with Gasteiger partial charge in [0.1, 0.15) is 6.54 Å². The van der Waals surface area contributed by atoms with Crippen molar-refractivity contribution in [2.45, 2.75) is 13.8 Å². The fourth-order valence-corrected chi connectivity index (χ4v) is 3.80. The maximum absolute atomic E-state index is 12.5. The Morgan fingerprint density at radius 2 is 1.79 bits per heavy atom. The Labute approximate surface area is 201 Å². The van der Waals surface area contributed by atoms with Crippen LogP contribution in [0.25, 0.3) is 6.08 Å². The molecule has 178 valence electrons. The van der Waals surface area contributed by atoms with Crippen LogP contribution in [0.5, 0.6) is 11.5 Å². The highest BCUT2D eigenvalue weighted by Gasteiger charge is 2.36. The van der Waals surface area contributed by atoms with Crippen LogP contribution in [-0.4, -0.2) is 54.8 Å². The quantitative estimate of drug-likeness (QED) is 0.424. The Balaban J connectivity index is 1.69. The predicted molar refractivity (Wildman–Crippen MR) is 128 cm³/mol. The van der Waals surface area contributed by atoms with Crippen LogP contribution in [0.4, 0.5) is 10.5 Å². The van der Waals surface area contributed by atoms with Crippen molar-refractivity contribution < 1.29 is 33.4 Å². The van der Waals surface area contributed by atoms with Crippen LogP contribution in [0.2, 0.25) is 0 Å². The average Bonchev–Trinajstić information content (AvgIpc) is 3.07. The van der Waals surface area contributed by atoms with Crippen molar-refractivity contribution in [3.05, 3.63) is 58.5 Å². The topological polar surface area (TPSA) is 111 Å². The summed E-state index contributed by atoms with van der Waals surface area (Å²) < 4.78 is 15.8. The van der Waals surface area contributed by atoms with Crippen molar-refractivity contribution in [3.63, 3.8) is 0 Å². The van der Waals surface area contributed by atoms with E-state index in [9.17, 15) is 19.2 Å². The van der Waals surface area contributed by atoms with Crippen molar-refractivity contribution in [2.75, 3.05) is 32.2 Å². The first-order valence-corrected chi connectivity index (χ1v) is 11.2. The maximum Gasteiger partial charge on any atom is 0.325 e. The van der Waals surface area contributed by atoms with Crippen molar-refractivity contribution in [1.29, 1.82) is 0 Å². The zero-order chi connectivity index (χ0) is 24.7. The number of amides is 3. The molecule has 3 amide bonds. The van der Waals surface area contributed by atoms with E-state index in [0.29, 0.717) is 29.4 Å². The zero-order valence-corrected chi connectivity index (χ0v) is 19.8. The van der Waals surface area contributed by atoms with Gasteiger partial charge in [0.25, 0.3) is 17.1 Å². The lowest BCUT2D eigenvalue weighted by atomic mass is 10.2. The molecule has 0 aromatic heterocycles. The number of methoxy groups -OCH3 is 1. The summed E-state index contributed by atoms with van der Waals surface area (Å²) in [4.78, 5) is 49.3. The molecule has 0 atom stereocenters. The first kappa shape index (κ1) is 24.8. The second-order valence-corrected chi connectivity index (χ2v) is 8.18. The van der Waals surface area contributed by atoms with Crippen LogP contribution in [0, 0.1) is 6.92 Å². The van der Waals surface area contributed by atoms with Gasteiger partial charge in [-0.05, 0) is 61.5 Å². The zero-order valence-electron chi connectivity index (χ0n) is 19.0. The molecule has 34 heavy (non-hydrogen) atoms. The van der Waals surface area contributed by atoms with E-state index in [2.05, 4.69) is 10.1 Å². The molecule has 2 aromatic rings. The third kappa shape index (κ3) is 6.38. The number of nitrogens with zero attached hydrogens (tertiary/aromatic N) is 1. The van der Waals surface area contributed by atoms with Gasteiger partial charge in [-0.25, -0.2) is 0 Å². The monoisotopic (exact) mass is 484 g/mol. The van der Waals surface area contributed by atoms with E-state index in [1.807, 2.05) is 19.1 Å². The van der Waals surface area contributed by atoms with Crippen LogP contribution in [0.15, 0.2) is 47.4 Å². The van der Waals surface area contributed by atoms with Gasteiger partial charge in [-0.1, -0.05) is 23.8 Å². The first-order chi connectivity index (χ1) is 16.3. The number of rotatable bonds is 9. The fraction of sp³-hybridized carbons (Fsp3) is 0.250. The molecule has 1 saturated heterocycles. The van der Waals surface area contributed by atoms with Crippen LogP contribution >= 0.6 is 11.8 Å². The maximum atomic E-state index is 12.5. The van der Waals surface area contributed by atoms with Crippen LogP contribution in [0.1, 0.15) is 18.1 Å². The van der Waals surface area contributed by atoms with Gasteiger partial charge in [-0.15, -0.1) is 0 Å². The van der Waals surface area contributed by atoms with Crippen molar-refractivity contribution in [1.82, 2.24) is 4.90 Å². The van der Waals surface area contributed by atoms with Crippen molar-refractivity contribution in [3.8, 4) is 11.5 Å². The SMILES string of the molecule is CCOc1cc(/C=C2\SC(=O)N(CC(=O)OC)C2=O)ccc1OCC(=O)Nc1ccc(C)cc1. The number of hydrogen-bond acceptors (Lipinski definition) is 8. The summed E-state index contributed by atoms with van der Waals surface area (Å²) in [6.45, 7) is 3.45. The van der Waals surface area contributed by atoms with Gasteiger partial charge in [0.2, 0.25) is 0 Å². The number of imide groups is 1. The van der Waals surface area contributed by atoms with E-state index in [-0.39, 0.29) is 17.4 Å². The van der Waals surface area contributed by atoms with E-state index in [0.717, 1.165) is 22.2 Å². The Morgan fingerprint density at radius 3 is 2.47 bits per heavy atom. The Kier molecular flexibility index (Phi) is 8.31. The fourth-order valence-electron chi connectivity index (χ4n) is 2.96. The molecule has 0 bridgehead atoms. The van der Waals surface area contributed by atoms with Gasteiger partial charge in [-0.3, -0.25) is 24.1 Å². The number of esters is 1. The van der Waals surface area contributed by atoms with E-state index in [1.54, 1.807) is 37.3 Å². The third-order valence-corrected chi connectivity index (χ3v) is 5.56. The molecule has 1 aliphatic heterocycles. The van der Waals surface area contributed by atoms with Crippen LogP contribution < -0.4 is 14.8 Å². The summed E-state index contributed by atoms with van der Waals surface area (Å²) in [7, 11) is 1.18. The molecular formula is C24H24N2O7S. The minimum Gasteiger partial charge on any atom is -0.490 e. The van der Waals surface area contributed by atoms with Gasteiger partial charge in [0, 0.05) is 5.69 Å². The lowest BCUT2D eigenvalue weighted by molar-refractivity contribution is -0.143. The highest BCUT2D eigenvalue weighted by Crippen LogP contribution is 2.34. The predicted octanol–water partition coefficient (Wildman–Crippen LogP) is 3.62. The summed E-state index contributed by atoms with van der Waals surface area (Å²) >= 11 is 0.734. The smallest absolute Gasteiger partial charge is 0.325 e. The lowest BCUT2D eigenvalue weighted by Crippen LogP contribution is -2.34. The molecule has 1 aliphatic rings. The molecule has 9 nitrogen and oxygen atoms in total. The van der Waals surface area contributed by atoms with Crippen molar-refractivity contribution in [2.24, 2.45) is 0 Å². The normalized spacial score (nSPS) is 14.3. The molecule has 1 heterocycles. The summed E-state index contributed by atoms with van der Waals surface area (Å²) in [5.41, 5.74) is 2.34. The van der Waals surface area contributed by atoms with E-state index in [1.165, 1.54) is 13.2 Å². The average molecular weight is 485 g/mol.